The molecule has 0 rings (SSSR count). The molecule has 0 N–H and O–H groups in total. The van der Waals surface area contributed by atoms with Crippen LogP contribution in [-0.4, -0.2) is 0 Å². The molecule has 0 aliphatic rings. The fourth-order valence-electron chi connectivity index (χ4n) is 0. The van der Waals surface area contributed by atoms with E-state index in [2.05, 4.69) is 44.1 Å². The van der Waals surface area contributed by atoms with Gasteiger partial charge in [0.05, 0.1) is 0 Å². The van der Waals surface area contributed by atoms with Crippen LogP contribution in [0.25, 0.3) is 0 Å². The monoisotopic (exact) mass is 414 g/mol. The molecule has 0 aliphatic heterocycles. The van der Waals surface area contributed by atoms with Crippen molar-refractivity contribution in [2.45, 2.75) is 0 Å². The molecule has 0 radical (unpaired) electrons. The Morgan fingerprint density at radius 1 is 1.50 bits per heavy atom. The van der Waals surface area contributed by atoms with Gasteiger partial charge in [-0.3, -0.25) is 0 Å². The Kier molecular flexibility index (Phi) is 6.29. The minimum absolute atomic E-state index is 0.407. The molecule has 0 bridgehead atoms. The molecule has 28 valence electrons. The summed E-state index contributed by atoms with van der Waals surface area (Å²) in [6, 6.07) is 0. The van der Waals surface area contributed by atoms with Crippen LogP contribution in [0.2, 0.25) is 0 Å². The summed E-state index contributed by atoms with van der Waals surface area (Å²) in [5, 5.41) is 0. The molecule has 0 aromatic rings. The van der Waals surface area contributed by atoms with Crippen molar-refractivity contribution in [1.82, 2.24) is 0 Å². The van der Waals surface area contributed by atoms with E-state index in [1.807, 2.05) is 0 Å². The average Bonchev–Trinajstić information content (AvgIpc) is 0.811. The molecular formula is H2I3P. The van der Waals surface area contributed by atoms with Crippen LogP contribution in [0.15, 0.2) is 0 Å². The quantitative estimate of drug-likeness (QED) is 0.423. The third-order valence-corrected chi connectivity index (χ3v) is 0. The molecule has 0 spiro atoms. The Balaban J connectivity index is 2.32. The van der Waals surface area contributed by atoms with Gasteiger partial charge in [-0.25, -0.2) is 0 Å². The molecule has 0 fully saturated rings. The van der Waals surface area contributed by atoms with E-state index in [9.17, 15) is 0 Å². The van der Waals surface area contributed by atoms with Crippen molar-refractivity contribution in [3.05, 3.63) is 0 Å². The van der Waals surface area contributed by atoms with E-state index >= 15 is 0 Å². The molecule has 1 unspecified atom stereocenters. The van der Waals surface area contributed by atoms with Crippen molar-refractivity contribution in [3.63, 3.8) is 0 Å². The molecule has 0 aromatic carbocycles. The maximum absolute atomic E-state index is 2.79. The summed E-state index contributed by atoms with van der Waals surface area (Å²) in [5.41, 5.74) is 0. The van der Waals surface area contributed by atoms with Gasteiger partial charge in [-0.05, 0) is 0 Å². The Hall–Kier alpha value is 2.62. The van der Waals surface area contributed by atoms with Crippen molar-refractivity contribution in [1.29, 1.82) is 0 Å². The summed E-state index contributed by atoms with van der Waals surface area (Å²) in [6.07, 6.45) is 0. The second-order valence-electron chi connectivity index (χ2n) is 0.219. The zero-order chi connectivity index (χ0) is 3.58. The average molecular weight is 414 g/mol. The van der Waals surface area contributed by atoms with Crippen molar-refractivity contribution < 1.29 is 0 Å². The van der Waals surface area contributed by atoms with Gasteiger partial charge in [-0.15, -0.1) is 0 Å². The number of hydrogen-bond donors (Lipinski definition) is 0. The van der Waals surface area contributed by atoms with Gasteiger partial charge in [0.25, 0.3) is 0 Å². The number of hydrogen-bond acceptors (Lipinski definition) is 0. The van der Waals surface area contributed by atoms with Crippen molar-refractivity contribution >= 4 is 55.4 Å². The van der Waals surface area contributed by atoms with Crippen LogP contribution in [0, 0.1) is 0 Å². The predicted octanol–water partition coefficient (Wildman–Crippen LogP) is 2.98. The fraction of sp³-hybridized carbons (Fsp3) is 0. The molecule has 0 aliphatic carbocycles. The van der Waals surface area contributed by atoms with E-state index < -0.39 is 11.3 Å². The van der Waals surface area contributed by atoms with Crippen LogP contribution in [0.3, 0.4) is 0 Å². The molecule has 0 saturated heterocycles. The van der Waals surface area contributed by atoms with Gasteiger partial charge in [-0.1, -0.05) is 0 Å². The van der Waals surface area contributed by atoms with Gasteiger partial charge in [0.1, 0.15) is 0 Å². The SMILES string of the molecule is PI(I)I. The van der Waals surface area contributed by atoms with Gasteiger partial charge in [-0.2, -0.15) is 0 Å². The molecule has 1 atom stereocenters. The van der Waals surface area contributed by atoms with E-state index in [1.165, 1.54) is 0 Å². The van der Waals surface area contributed by atoms with Crippen LogP contribution in [0.1, 0.15) is 0 Å². The standard InChI is InChI=1S/H2I3P/c1-3(2)4/h4H2. The summed E-state index contributed by atoms with van der Waals surface area (Å²) in [4.78, 5) is 0. The van der Waals surface area contributed by atoms with Gasteiger partial charge >= 0.3 is 55.4 Å². The second-order valence-corrected chi connectivity index (χ2v) is 38.6. The Morgan fingerprint density at radius 2 is 1.50 bits per heavy atom. The minimum atomic E-state index is -0.407. The first-order chi connectivity index (χ1) is 1.73. The van der Waals surface area contributed by atoms with E-state index in [0.29, 0.717) is 0 Å². The molecule has 0 aromatic heterocycles. The summed E-state index contributed by atoms with van der Waals surface area (Å²) >= 11 is 4.49. The van der Waals surface area contributed by atoms with Crippen LogP contribution in [-0.2, 0) is 0 Å². The van der Waals surface area contributed by atoms with E-state index in [1.54, 1.807) is 0 Å². The zero-order valence-electron chi connectivity index (χ0n) is 1.71. The van der Waals surface area contributed by atoms with Crippen molar-refractivity contribution in [2.24, 2.45) is 0 Å². The molecule has 0 heterocycles. The summed E-state index contributed by atoms with van der Waals surface area (Å²) in [7, 11) is 0. The second kappa shape index (κ2) is 3.80. The van der Waals surface area contributed by atoms with Crippen molar-refractivity contribution in [2.75, 3.05) is 0 Å². The van der Waals surface area contributed by atoms with E-state index in [0.717, 1.165) is 0 Å². The maximum atomic E-state index is 2.79. The van der Waals surface area contributed by atoms with Gasteiger partial charge in [0.15, 0.2) is 0 Å². The molecular weight excluding hydrogens is 412 g/mol. The fourth-order valence-corrected chi connectivity index (χ4v) is 0. The van der Waals surface area contributed by atoms with Gasteiger partial charge in [0, 0.05) is 0 Å². The molecule has 4 heavy (non-hydrogen) atoms. The molecule has 4 heteroatoms. The molecule has 0 saturated carbocycles. The van der Waals surface area contributed by atoms with Crippen molar-refractivity contribution in [3.8, 4) is 0 Å². The normalized spacial score (nSPS) is 11.2. The number of halogens is 3. The third kappa shape index (κ3) is 8.82. The summed E-state index contributed by atoms with van der Waals surface area (Å²) in [6.45, 7) is 2.79. The zero-order valence-corrected chi connectivity index (χ0v) is 9.34. The van der Waals surface area contributed by atoms with E-state index in [4.69, 9.17) is 0 Å². The Morgan fingerprint density at radius 3 is 1.50 bits per heavy atom. The molecule has 0 amide bonds. The summed E-state index contributed by atoms with van der Waals surface area (Å²) in [5.74, 6) is 0. The Labute approximate surface area is 54.2 Å². The van der Waals surface area contributed by atoms with Crippen LogP contribution in [0.4, 0.5) is 0 Å². The van der Waals surface area contributed by atoms with Gasteiger partial charge < -0.3 is 0 Å². The van der Waals surface area contributed by atoms with Crippen LogP contribution < -0.4 is 0 Å². The van der Waals surface area contributed by atoms with Gasteiger partial charge in [0.2, 0.25) is 0 Å². The third-order valence-electron chi connectivity index (χ3n) is 0. The Bertz CT molecular complexity index is 8.00. The first-order valence-corrected chi connectivity index (χ1v) is 17.2. The molecule has 0 nitrogen and oxygen atoms in total. The first-order valence-electron chi connectivity index (χ1n) is 0.504. The van der Waals surface area contributed by atoms with Crippen LogP contribution >= 0.6 is 55.4 Å². The predicted molar refractivity (Wildman–Crippen MR) is 51.8 cm³/mol. The van der Waals surface area contributed by atoms with Crippen LogP contribution in [0.5, 0.6) is 0 Å². The van der Waals surface area contributed by atoms with E-state index in [-0.39, 0.29) is 0 Å². The summed E-state index contributed by atoms with van der Waals surface area (Å²) < 4.78 is 0. The topological polar surface area (TPSA) is 0 Å². The number of rotatable bonds is 0. The first kappa shape index (κ1) is 6.62.